The predicted molar refractivity (Wildman–Crippen MR) is 85.5 cm³/mol. The Bertz CT molecular complexity index is 688. The molecule has 2 aliphatic heterocycles. The topological polar surface area (TPSA) is 125 Å². The number of nitrogens with two attached hydrogens (primary N) is 1. The second kappa shape index (κ2) is 6.59. The summed E-state index contributed by atoms with van der Waals surface area (Å²) in [6.45, 7) is 1.34. The van der Waals surface area contributed by atoms with Gasteiger partial charge in [-0.3, -0.25) is 24.2 Å². The van der Waals surface area contributed by atoms with Crippen molar-refractivity contribution in [3.63, 3.8) is 0 Å². The van der Waals surface area contributed by atoms with Gasteiger partial charge in [-0.25, -0.2) is 9.37 Å². The van der Waals surface area contributed by atoms with Gasteiger partial charge in [0.1, 0.15) is 5.25 Å². The lowest BCUT2D eigenvalue weighted by Gasteiger charge is -2.30. The molecule has 2 N–H and O–H groups in total. The Labute approximate surface area is 142 Å². The summed E-state index contributed by atoms with van der Waals surface area (Å²) in [5.41, 5.74) is 5.26. The second-order valence-corrected chi connectivity index (χ2v) is 6.58. The van der Waals surface area contributed by atoms with Crippen molar-refractivity contribution in [2.75, 3.05) is 27.7 Å². The van der Waals surface area contributed by atoms with Gasteiger partial charge in [-0.15, -0.1) is 0 Å². The zero-order valence-electron chi connectivity index (χ0n) is 13.7. The molecule has 0 aromatic rings. The summed E-state index contributed by atoms with van der Waals surface area (Å²) in [7, 11) is 4.09. The van der Waals surface area contributed by atoms with Crippen molar-refractivity contribution in [1.29, 1.82) is 0 Å². The molecule has 1 saturated heterocycles. The first kappa shape index (κ1) is 17.9. The maximum absolute atomic E-state index is 12.5. The molecule has 0 aromatic carbocycles. The van der Waals surface area contributed by atoms with E-state index in [1.165, 1.54) is 30.7 Å². The van der Waals surface area contributed by atoms with Crippen molar-refractivity contribution in [2.45, 2.75) is 18.2 Å². The van der Waals surface area contributed by atoms with Gasteiger partial charge in [0, 0.05) is 14.1 Å². The van der Waals surface area contributed by atoms with E-state index in [1.807, 2.05) is 0 Å². The van der Waals surface area contributed by atoms with Gasteiger partial charge in [0.05, 0.1) is 7.11 Å². The number of likely N-dealkylation sites (N-methyl/N-ethyl adjacent to an activating group) is 2. The summed E-state index contributed by atoms with van der Waals surface area (Å²) < 4.78 is 6.05. The molecule has 0 aliphatic carbocycles. The molecule has 0 radical (unpaired) electrons. The van der Waals surface area contributed by atoms with E-state index in [2.05, 4.69) is 9.73 Å². The van der Waals surface area contributed by atoms with Crippen LogP contribution in [0.4, 0.5) is 4.79 Å². The summed E-state index contributed by atoms with van der Waals surface area (Å²) in [6, 6.07) is -1.46. The third-order valence-electron chi connectivity index (χ3n) is 3.64. The van der Waals surface area contributed by atoms with E-state index in [-0.39, 0.29) is 17.5 Å². The summed E-state index contributed by atoms with van der Waals surface area (Å²) in [4.78, 5) is 54.0. The number of imide groups is 1. The lowest BCUT2D eigenvalue weighted by atomic mass is 10.1. The molecule has 11 heteroatoms. The van der Waals surface area contributed by atoms with Crippen molar-refractivity contribution in [3.05, 3.63) is 0 Å². The fourth-order valence-corrected chi connectivity index (χ4v) is 3.33. The first-order valence-corrected chi connectivity index (χ1v) is 7.87. The van der Waals surface area contributed by atoms with Crippen LogP contribution < -0.4 is 5.73 Å². The number of esters is 1. The minimum Gasteiger partial charge on any atom is -0.468 e. The second-order valence-electron chi connectivity index (χ2n) is 5.27. The Morgan fingerprint density at radius 3 is 2.54 bits per heavy atom. The number of hydrogen-bond donors (Lipinski definition) is 1. The van der Waals surface area contributed by atoms with Crippen LogP contribution in [0.15, 0.2) is 4.99 Å². The SMILES string of the molecule is COC(=O)C(C)SC1=[N+](CC(N)=O)C2C(=O)N(C)C(=O)N(C)C2=N1. The Hall–Kier alpha value is -2.43. The largest absolute Gasteiger partial charge is 0.468 e. The van der Waals surface area contributed by atoms with Gasteiger partial charge >= 0.3 is 17.2 Å². The van der Waals surface area contributed by atoms with E-state index in [0.717, 1.165) is 16.7 Å². The highest BCUT2D eigenvalue weighted by Gasteiger charge is 2.53. The van der Waals surface area contributed by atoms with Crippen LogP contribution in [-0.2, 0) is 19.1 Å². The molecule has 2 aliphatic rings. The number of amidine groups is 2. The summed E-state index contributed by atoms with van der Waals surface area (Å²) in [6.07, 6.45) is 0. The number of fused-ring (bicyclic) bond motifs is 1. The standard InChI is InChI=1S/C13H17N5O5S/c1-6(11(21)23-4)24-12-15-9-8(18(12)5-7(14)19)10(20)17(3)13(22)16(9)2/h6,8H,5H2,1-4H3,(H-,14,19)/p+1. The maximum Gasteiger partial charge on any atom is 0.359 e. The Kier molecular flexibility index (Phi) is 4.92. The summed E-state index contributed by atoms with van der Waals surface area (Å²) >= 11 is 1.03. The normalized spacial score (nSPS) is 21.7. The van der Waals surface area contributed by atoms with Crippen molar-refractivity contribution < 1.29 is 28.5 Å². The molecule has 0 spiro atoms. The molecule has 10 nitrogen and oxygen atoms in total. The van der Waals surface area contributed by atoms with Crippen LogP contribution in [-0.4, -0.2) is 88.2 Å². The number of urea groups is 1. The molecule has 2 heterocycles. The molecule has 130 valence electrons. The van der Waals surface area contributed by atoms with Crippen LogP contribution in [0.2, 0.25) is 0 Å². The van der Waals surface area contributed by atoms with E-state index >= 15 is 0 Å². The fraction of sp³-hybridized carbons (Fsp3) is 0.538. The third kappa shape index (κ3) is 2.98. The van der Waals surface area contributed by atoms with Gasteiger partial charge in [-0.05, 0) is 23.7 Å². The molecular weight excluding hydrogens is 338 g/mol. The number of carbonyl (C=O) groups is 4. The molecule has 2 rings (SSSR count). The highest BCUT2D eigenvalue weighted by Crippen LogP contribution is 2.25. The van der Waals surface area contributed by atoms with Crippen LogP contribution >= 0.6 is 11.8 Å². The maximum atomic E-state index is 12.5. The summed E-state index contributed by atoms with van der Waals surface area (Å²) in [5, 5.41) is -0.353. The molecular formula is C13H18N5O5S+. The number of ether oxygens (including phenoxy) is 1. The smallest absolute Gasteiger partial charge is 0.359 e. The van der Waals surface area contributed by atoms with Crippen LogP contribution in [0.25, 0.3) is 0 Å². The Morgan fingerprint density at radius 2 is 2.00 bits per heavy atom. The Morgan fingerprint density at radius 1 is 1.38 bits per heavy atom. The van der Waals surface area contributed by atoms with Crippen molar-refractivity contribution in [2.24, 2.45) is 10.7 Å². The van der Waals surface area contributed by atoms with E-state index in [0.29, 0.717) is 0 Å². The average molecular weight is 356 g/mol. The number of methoxy groups -OCH3 is 1. The van der Waals surface area contributed by atoms with Crippen LogP contribution in [0.3, 0.4) is 0 Å². The van der Waals surface area contributed by atoms with Crippen molar-refractivity contribution >= 4 is 46.6 Å². The lowest BCUT2D eigenvalue weighted by Crippen LogP contribution is -2.62. The fourth-order valence-electron chi connectivity index (χ4n) is 2.37. The number of rotatable bonds is 4. The number of nitrogens with zero attached hydrogens (tertiary/aromatic N) is 4. The van der Waals surface area contributed by atoms with Gasteiger partial charge in [-0.2, -0.15) is 0 Å². The zero-order valence-corrected chi connectivity index (χ0v) is 14.5. The highest BCUT2D eigenvalue weighted by atomic mass is 32.2. The summed E-state index contributed by atoms with van der Waals surface area (Å²) in [5.74, 6) is -1.46. The van der Waals surface area contributed by atoms with E-state index in [1.54, 1.807) is 6.92 Å². The molecule has 24 heavy (non-hydrogen) atoms. The number of thioether (sulfide) groups is 1. The number of hydrogen-bond acceptors (Lipinski definition) is 7. The number of primary amides is 1. The molecule has 2 atom stereocenters. The van der Waals surface area contributed by atoms with Crippen molar-refractivity contribution in [3.8, 4) is 0 Å². The van der Waals surface area contributed by atoms with Gasteiger partial charge < -0.3 is 10.5 Å². The van der Waals surface area contributed by atoms with Crippen LogP contribution in [0.5, 0.6) is 0 Å². The quantitative estimate of drug-likeness (QED) is 0.480. The van der Waals surface area contributed by atoms with Gasteiger partial charge in [0.15, 0.2) is 6.54 Å². The van der Waals surface area contributed by atoms with Gasteiger partial charge in [0.2, 0.25) is 0 Å². The molecule has 2 unspecified atom stereocenters. The average Bonchev–Trinajstić information content (AvgIpc) is 2.87. The Balaban J connectivity index is 2.44. The van der Waals surface area contributed by atoms with E-state index in [9.17, 15) is 19.2 Å². The molecule has 1 fully saturated rings. The number of carbonyl (C=O) groups excluding carboxylic acids is 4. The molecule has 0 aromatic heterocycles. The van der Waals surface area contributed by atoms with Gasteiger partial charge in [-0.1, -0.05) is 0 Å². The minimum absolute atomic E-state index is 0.198. The predicted octanol–water partition coefficient (Wildman–Crippen LogP) is -1.56. The third-order valence-corrected chi connectivity index (χ3v) is 4.72. The van der Waals surface area contributed by atoms with Crippen molar-refractivity contribution in [1.82, 2.24) is 9.80 Å². The van der Waals surface area contributed by atoms with Crippen LogP contribution in [0, 0.1) is 0 Å². The van der Waals surface area contributed by atoms with E-state index in [4.69, 9.17) is 5.73 Å². The monoisotopic (exact) mass is 356 g/mol. The lowest BCUT2D eigenvalue weighted by molar-refractivity contribution is -0.521. The molecule has 4 amide bonds. The molecule has 0 saturated carbocycles. The first-order valence-electron chi connectivity index (χ1n) is 6.99. The number of aliphatic imine (C=N–C) groups is 1. The first-order chi connectivity index (χ1) is 11.2. The molecule has 0 bridgehead atoms. The van der Waals surface area contributed by atoms with Gasteiger partial charge in [0.25, 0.3) is 23.7 Å². The van der Waals surface area contributed by atoms with Crippen LogP contribution in [0.1, 0.15) is 6.92 Å². The minimum atomic E-state index is -0.933. The number of amides is 4. The van der Waals surface area contributed by atoms with E-state index < -0.39 is 35.1 Å². The zero-order chi connectivity index (χ0) is 18.2. The highest BCUT2D eigenvalue weighted by molar-refractivity contribution is 8.14.